The Morgan fingerprint density at radius 1 is 1.34 bits per heavy atom. The molecule has 0 aromatic carbocycles. The third-order valence-corrected chi connectivity index (χ3v) is 9.65. The van der Waals surface area contributed by atoms with Gasteiger partial charge in [0.25, 0.3) is 0 Å². The standard InChI is InChI=1S/C25H36O4/c1-15(12-26)6-5-7-16(2)18-10-20-22(3)11-19-21-17(13-27)8-9-24(18,22)25(21,28)14-23(19,4)29-20/h6,8,10,16,19-21,26-28H,5,7,9,11-14H2,1-4H3/t16-,19-,20-,21+,22-,23+,24+,25+/m0/s1. The van der Waals surface area contributed by atoms with Gasteiger partial charge in [-0.25, -0.2) is 0 Å². The number of ether oxygens (including phenoxy) is 1. The zero-order valence-electron chi connectivity index (χ0n) is 18.2. The molecule has 3 fully saturated rings. The summed E-state index contributed by atoms with van der Waals surface area (Å²) in [5, 5.41) is 31.8. The molecule has 8 atom stereocenters. The average Bonchev–Trinajstić information content (AvgIpc) is 3.00. The summed E-state index contributed by atoms with van der Waals surface area (Å²) in [7, 11) is 0. The highest BCUT2D eigenvalue weighted by Gasteiger charge is 2.83. The van der Waals surface area contributed by atoms with Crippen LogP contribution >= 0.6 is 0 Å². The summed E-state index contributed by atoms with van der Waals surface area (Å²) in [6.45, 7) is 8.95. The molecule has 160 valence electrons. The number of hydrogen-bond acceptors (Lipinski definition) is 4. The molecule has 5 rings (SSSR count). The molecular weight excluding hydrogens is 364 g/mol. The van der Waals surface area contributed by atoms with Crippen LogP contribution in [-0.4, -0.2) is 45.8 Å². The van der Waals surface area contributed by atoms with Crippen molar-refractivity contribution in [1.29, 1.82) is 0 Å². The van der Waals surface area contributed by atoms with Gasteiger partial charge in [-0.2, -0.15) is 0 Å². The summed E-state index contributed by atoms with van der Waals surface area (Å²) in [5.41, 5.74) is 1.89. The van der Waals surface area contributed by atoms with Crippen LogP contribution < -0.4 is 0 Å². The van der Waals surface area contributed by atoms with E-state index in [1.165, 1.54) is 5.57 Å². The molecule has 29 heavy (non-hydrogen) atoms. The van der Waals surface area contributed by atoms with E-state index in [9.17, 15) is 15.3 Å². The number of aliphatic hydroxyl groups is 3. The Balaban J connectivity index is 1.59. The first-order chi connectivity index (χ1) is 13.7. The molecule has 1 aliphatic heterocycles. The van der Waals surface area contributed by atoms with E-state index in [2.05, 4.69) is 39.0 Å². The Kier molecular flexibility index (Phi) is 4.18. The molecule has 0 aromatic heterocycles. The maximum absolute atomic E-state index is 12.4. The summed E-state index contributed by atoms with van der Waals surface area (Å²) in [5.74, 6) is 0.630. The Bertz CT molecular complexity index is 827. The van der Waals surface area contributed by atoms with Crippen molar-refractivity contribution < 1.29 is 20.1 Å². The van der Waals surface area contributed by atoms with E-state index < -0.39 is 5.60 Å². The minimum Gasteiger partial charge on any atom is -0.392 e. The van der Waals surface area contributed by atoms with Crippen LogP contribution in [0.4, 0.5) is 0 Å². The van der Waals surface area contributed by atoms with Gasteiger partial charge in [0, 0.05) is 23.2 Å². The molecule has 1 saturated heterocycles. The van der Waals surface area contributed by atoms with E-state index in [0.717, 1.165) is 36.8 Å². The largest absolute Gasteiger partial charge is 0.392 e. The molecule has 4 nitrogen and oxygen atoms in total. The third-order valence-electron chi connectivity index (χ3n) is 9.65. The van der Waals surface area contributed by atoms with Crippen LogP contribution in [0.5, 0.6) is 0 Å². The first-order valence-corrected chi connectivity index (χ1v) is 11.4. The molecule has 5 aliphatic rings. The van der Waals surface area contributed by atoms with Crippen LogP contribution in [0.1, 0.15) is 59.8 Å². The summed E-state index contributed by atoms with van der Waals surface area (Å²) < 4.78 is 6.79. The molecule has 1 heterocycles. The quantitative estimate of drug-likeness (QED) is 0.597. The van der Waals surface area contributed by atoms with Gasteiger partial charge < -0.3 is 20.1 Å². The van der Waals surface area contributed by atoms with Gasteiger partial charge in [-0.15, -0.1) is 0 Å². The Morgan fingerprint density at radius 2 is 2.10 bits per heavy atom. The molecule has 0 unspecified atom stereocenters. The van der Waals surface area contributed by atoms with Crippen molar-refractivity contribution in [3.63, 3.8) is 0 Å². The summed E-state index contributed by atoms with van der Waals surface area (Å²) in [6, 6.07) is 0. The maximum atomic E-state index is 12.4. The molecule has 1 spiro atoms. The van der Waals surface area contributed by atoms with Gasteiger partial charge in [0.15, 0.2) is 0 Å². The topological polar surface area (TPSA) is 69.9 Å². The predicted molar refractivity (Wildman–Crippen MR) is 112 cm³/mol. The predicted octanol–water partition coefficient (Wildman–Crippen LogP) is 3.52. The number of allylic oxidation sites excluding steroid dienone is 2. The summed E-state index contributed by atoms with van der Waals surface area (Å²) >= 11 is 0. The second kappa shape index (κ2) is 6.06. The molecular formula is C25H36O4. The maximum Gasteiger partial charge on any atom is 0.0847 e. The van der Waals surface area contributed by atoms with E-state index in [1.807, 2.05) is 6.92 Å². The molecule has 2 saturated carbocycles. The molecule has 0 amide bonds. The fourth-order valence-electron chi connectivity index (χ4n) is 8.40. The van der Waals surface area contributed by atoms with Gasteiger partial charge in [0.2, 0.25) is 0 Å². The minimum atomic E-state index is -0.839. The minimum absolute atomic E-state index is 0.00510. The molecule has 0 radical (unpaired) electrons. The molecule has 0 aromatic rings. The fourth-order valence-corrected chi connectivity index (χ4v) is 8.40. The highest BCUT2D eigenvalue weighted by molar-refractivity contribution is 5.49. The first kappa shape index (κ1) is 20.0. The normalized spacial score (nSPS) is 50.6. The van der Waals surface area contributed by atoms with E-state index >= 15 is 0 Å². The first-order valence-electron chi connectivity index (χ1n) is 11.4. The fraction of sp³-hybridized carbons (Fsp3) is 0.760. The lowest BCUT2D eigenvalue weighted by Gasteiger charge is -2.65. The van der Waals surface area contributed by atoms with E-state index in [0.29, 0.717) is 12.3 Å². The number of aliphatic hydroxyl groups excluding tert-OH is 2. The van der Waals surface area contributed by atoms with Gasteiger partial charge in [0.05, 0.1) is 30.5 Å². The lowest BCUT2D eigenvalue weighted by atomic mass is 9.41. The summed E-state index contributed by atoms with van der Waals surface area (Å²) in [6.07, 6.45) is 11.3. The second-order valence-corrected chi connectivity index (χ2v) is 11.0. The summed E-state index contributed by atoms with van der Waals surface area (Å²) in [4.78, 5) is 0. The van der Waals surface area contributed by atoms with Crippen molar-refractivity contribution in [2.45, 2.75) is 77.1 Å². The van der Waals surface area contributed by atoms with Crippen molar-refractivity contribution in [2.24, 2.45) is 28.6 Å². The third kappa shape index (κ3) is 2.14. The van der Waals surface area contributed by atoms with Gasteiger partial charge >= 0.3 is 0 Å². The number of hydrogen-bond donors (Lipinski definition) is 3. The van der Waals surface area contributed by atoms with Crippen molar-refractivity contribution in [3.05, 3.63) is 34.9 Å². The highest BCUT2D eigenvalue weighted by atomic mass is 16.5. The lowest BCUT2D eigenvalue weighted by molar-refractivity contribution is -0.237. The van der Waals surface area contributed by atoms with Crippen molar-refractivity contribution in [2.75, 3.05) is 13.2 Å². The lowest BCUT2D eigenvalue weighted by Crippen LogP contribution is -2.67. The SMILES string of the molecule is CC(=CCC[C@H](C)C1=C[C@@H]2O[C@]3(C)C[C@@]4(O)[C@@H]5C(CO)=CC[C@]14[C@@]2(C)C[C@@H]53)CO. The van der Waals surface area contributed by atoms with E-state index in [4.69, 9.17) is 4.74 Å². The van der Waals surface area contributed by atoms with Gasteiger partial charge in [-0.3, -0.25) is 0 Å². The Morgan fingerprint density at radius 3 is 2.79 bits per heavy atom. The number of rotatable bonds is 6. The van der Waals surface area contributed by atoms with Crippen molar-refractivity contribution >= 4 is 0 Å². The monoisotopic (exact) mass is 400 g/mol. The van der Waals surface area contributed by atoms with Crippen molar-refractivity contribution in [3.8, 4) is 0 Å². The van der Waals surface area contributed by atoms with Crippen LogP contribution in [0, 0.1) is 28.6 Å². The average molecular weight is 401 g/mol. The van der Waals surface area contributed by atoms with Gasteiger partial charge in [-0.05, 0) is 56.9 Å². The zero-order valence-corrected chi connectivity index (χ0v) is 18.2. The van der Waals surface area contributed by atoms with E-state index in [-0.39, 0.29) is 47.6 Å². The zero-order chi connectivity index (χ0) is 20.8. The molecule has 3 N–H and O–H groups in total. The van der Waals surface area contributed by atoms with Crippen LogP contribution in [0.2, 0.25) is 0 Å². The van der Waals surface area contributed by atoms with E-state index in [1.54, 1.807) is 0 Å². The van der Waals surface area contributed by atoms with Crippen LogP contribution in [-0.2, 0) is 4.74 Å². The molecule has 4 aliphatic carbocycles. The smallest absolute Gasteiger partial charge is 0.0847 e. The van der Waals surface area contributed by atoms with Gasteiger partial charge in [-0.1, -0.05) is 43.2 Å². The van der Waals surface area contributed by atoms with Crippen LogP contribution in [0.25, 0.3) is 0 Å². The van der Waals surface area contributed by atoms with Crippen LogP contribution in [0.3, 0.4) is 0 Å². The van der Waals surface area contributed by atoms with Gasteiger partial charge in [0.1, 0.15) is 0 Å². The molecule has 4 heteroatoms. The Hall–Kier alpha value is -0.940. The van der Waals surface area contributed by atoms with Crippen LogP contribution in [0.15, 0.2) is 34.9 Å². The highest BCUT2D eigenvalue weighted by Crippen LogP contribution is 2.81. The van der Waals surface area contributed by atoms with Crippen molar-refractivity contribution in [1.82, 2.24) is 0 Å². The second-order valence-electron chi connectivity index (χ2n) is 11.0. The molecule has 5 bridgehead atoms. The Labute approximate surface area is 174 Å².